The summed E-state index contributed by atoms with van der Waals surface area (Å²) in [4.78, 5) is 0. The Morgan fingerprint density at radius 1 is 1.50 bits per heavy atom. The molecule has 80 valence electrons. The highest BCUT2D eigenvalue weighted by molar-refractivity contribution is 5.25. The largest absolute Gasteiger partial charge is 0.508 e. The highest BCUT2D eigenvalue weighted by atomic mass is 16.5. The van der Waals surface area contributed by atoms with Gasteiger partial charge in [-0.2, -0.15) is 0 Å². The van der Waals surface area contributed by atoms with E-state index >= 15 is 0 Å². The summed E-state index contributed by atoms with van der Waals surface area (Å²) in [6.45, 7) is 9.16. The van der Waals surface area contributed by atoms with E-state index in [0.717, 1.165) is 6.42 Å². The molecule has 1 aliphatic rings. The van der Waals surface area contributed by atoms with Gasteiger partial charge in [0.25, 0.3) is 0 Å². The summed E-state index contributed by atoms with van der Waals surface area (Å²) in [6, 6.07) is 0. The summed E-state index contributed by atoms with van der Waals surface area (Å²) in [6.07, 6.45) is 6.27. The maximum atomic E-state index is 9.29. The van der Waals surface area contributed by atoms with E-state index in [-0.39, 0.29) is 11.0 Å². The van der Waals surface area contributed by atoms with Crippen LogP contribution >= 0.6 is 0 Å². The molecule has 0 fully saturated rings. The van der Waals surface area contributed by atoms with Crippen molar-refractivity contribution in [1.82, 2.24) is 0 Å². The Labute approximate surface area is 86.3 Å². The summed E-state index contributed by atoms with van der Waals surface area (Å²) in [5.74, 6) is 0.338. The molecule has 0 spiro atoms. The van der Waals surface area contributed by atoms with Crippen molar-refractivity contribution < 1.29 is 9.84 Å². The molecule has 2 nitrogen and oxygen atoms in total. The normalized spacial score (nSPS) is 27.6. The van der Waals surface area contributed by atoms with Crippen molar-refractivity contribution >= 4 is 0 Å². The van der Waals surface area contributed by atoms with Crippen molar-refractivity contribution in [3.63, 3.8) is 0 Å². The van der Waals surface area contributed by atoms with Crippen molar-refractivity contribution in [3.8, 4) is 0 Å². The van der Waals surface area contributed by atoms with E-state index in [0.29, 0.717) is 12.4 Å². The fourth-order valence-electron chi connectivity index (χ4n) is 1.75. The molecule has 0 amide bonds. The second kappa shape index (κ2) is 3.77. The first-order chi connectivity index (χ1) is 6.41. The minimum Gasteiger partial charge on any atom is -0.508 e. The van der Waals surface area contributed by atoms with Crippen LogP contribution in [0.1, 0.15) is 34.1 Å². The molecule has 1 rings (SSSR count). The van der Waals surface area contributed by atoms with E-state index in [2.05, 4.69) is 20.8 Å². The van der Waals surface area contributed by atoms with Gasteiger partial charge in [-0.25, -0.2) is 0 Å². The van der Waals surface area contributed by atoms with Crippen LogP contribution < -0.4 is 0 Å². The number of aliphatic hydroxyl groups is 1. The smallest absolute Gasteiger partial charge is 0.111 e. The number of aliphatic hydroxyl groups excluding tert-OH is 1. The Bertz CT molecular complexity index is 258. The zero-order valence-electron chi connectivity index (χ0n) is 9.50. The summed E-state index contributed by atoms with van der Waals surface area (Å²) >= 11 is 0. The second-order valence-corrected chi connectivity index (χ2v) is 4.74. The summed E-state index contributed by atoms with van der Waals surface area (Å²) in [5, 5.41) is 9.29. The lowest BCUT2D eigenvalue weighted by Gasteiger charge is -2.43. The second-order valence-electron chi connectivity index (χ2n) is 4.74. The first kappa shape index (κ1) is 11.3. The van der Waals surface area contributed by atoms with E-state index in [1.165, 1.54) is 0 Å². The van der Waals surface area contributed by atoms with Gasteiger partial charge in [-0.05, 0) is 30.6 Å². The predicted octanol–water partition coefficient (Wildman–Crippen LogP) is 3.21. The van der Waals surface area contributed by atoms with Crippen LogP contribution in [0.5, 0.6) is 0 Å². The Kier molecular flexibility index (Phi) is 3.05. The Hall–Kier alpha value is -0.760. The van der Waals surface area contributed by atoms with Gasteiger partial charge in [0.1, 0.15) is 5.76 Å². The van der Waals surface area contributed by atoms with Crippen molar-refractivity contribution in [2.45, 2.75) is 39.7 Å². The van der Waals surface area contributed by atoms with E-state index in [4.69, 9.17) is 4.74 Å². The van der Waals surface area contributed by atoms with Gasteiger partial charge in [-0.1, -0.05) is 20.8 Å². The van der Waals surface area contributed by atoms with Crippen LogP contribution in [0.3, 0.4) is 0 Å². The summed E-state index contributed by atoms with van der Waals surface area (Å²) in [7, 11) is 0. The molecule has 0 saturated carbocycles. The molecule has 0 radical (unpaired) electrons. The highest BCUT2D eigenvalue weighted by Gasteiger charge is 2.40. The molecule has 0 aliphatic heterocycles. The molecule has 0 aromatic carbocycles. The fraction of sp³-hybridized carbons (Fsp3) is 0.667. The quantitative estimate of drug-likeness (QED) is 0.734. The third kappa shape index (κ3) is 2.01. The van der Waals surface area contributed by atoms with E-state index in [1.54, 1.807) is 6.08 Å². The zero-order valence-corrected chi connectivity index (χ0v) is 9.50. The van der Waals surface area contributed by atoms with Crippen LogP contribution in [0.2, 0.25) is 0 Å². The van der Waals surface area contributed by atoms with Gasteiger partial charge in [0.2, 0.25) is 0 Å². The Morgan fingerprint density at radius 2 is 2.14 bits per heavy atom. The van der Waals surface area contributed by atoms with Crippen LogP contribution in [0.15, 0.2) is 24.0 Å². The van der Waals surface area contributed by atoms with Crippen molar-refractivity contribution in [1.29, 1.82) is 0 Å². The van der Waals surface area contributed by atoms with Crippen LogP contribution in [-0.2, 0) is 4.74 Å². The topological polar surface area (TPSA) is 29.5 Å². The van der Waals surface area contributed by atoms with Gasteiger partial charge < -0.3 is 9.84 Å². The minimum atomic E-state index is -0.270. The monoisotopic (exact) mass is 196 g/mol. The fourth-order valence-corrected chi connectivity index (χ4v) is 1.75. The molecule has 0 heterocycles. The average molecular weight is 196 g/mol. The van der Waals surface area contributed by atoms with Gasteiger partial charge >= 0.3 is 0 Å². The standard InChI is InChI=1S/C12H20O2/c1-5-14-12(11(2,3)4)8-6-10(13)7-9-12/h6-8,13H,5,9H2,1-4H3. The third-order valence-electron chi connectivity index (χ3n) is 2.81. The van der Waals surface area contributed by atoms with E-state index in [1.807, 2.05) is 19.1 Å². The number of allylic oxidation sites excluding steroid dienone is 1. The minimum absolute atomic E-state index is 0.0384. The maximum absolute atomic E-state index is 9.29. The van der Waals surface area contributed by atoms with Crippen molar-refractivity contribution in [3.05, 3.63) is 24.0 Å². The lowest BCUT2D eigenvalue weighted by atomic mass is 9.72. The molecule has 1 atom stereocenters. The molecule has 14 heavy (non-hydrogen) atoms. The van der Waals surface area contributed by atoms with Crippen LogP contribution in [0.4, 0.5) is 0 Å². The van der Waals surface area contributed by atoms with E-state index < -0.39 is 0 Å². The van der Waals surface area contributed by atoms with Gasteiger partial charge in [0, 0.05) is 13.0 Å². The maximum Gasteiger partial charge on any atom is 0.111 e. The van der Waals surface area contributed by atoms with Crippen molar-refractivity contribution in [2.75, 3.05) is 6.61 Å². The number of hydrogen-bond donors (Lipinski definition) is 1. The Morgan fingerprint density at radius 3 is 2.50 bits per heavy atom. The number of ether oxygens (including phenoxy) is 1. The molecule has 1 unspecified atom stereocenters. The summed E-state index contributed by atoms with van der Waals surface area (Å²) < 4.78 is 5.84. The van der Waals surface area contributed by atoms with E-state index in [9.17, 15) is 5.11 Å². The zero-order chi connectivity index (χ0) is 10.8. The van der Waals surface area contributed by atoms with Crippen LogP contribution in [0.25, 0.3) is 0 Å². The number of hydrogen-bond acceptors (Lipinski definition) is 2. The van der Waals surface area contributed by atoms with Gasteiger partial charge in [-0.3, -0.25) is 0 Å². The molecule has 0 aromatic rings. The Balaban J connectivity index is 2.92. The van der Waals surface area contributed by atoms with Gasteiger partial charge in [-0.15, -0.1) is 0 Å². The summed E-state index contributed by atoms with van der Waals surface area (Å²) in [5.41, 5.74) is -0.231. The van der Waals surface area contributed by atoms with Crippen LogP contribution in [0, 0.1) is 5.41 Å². The van der Waals surface area contributed by atoms with Gasteiger partial charge in [0.05, 0.1) is 5.60 Å². The molecular formula is C12H20O2. The molecular weight excluding hydrogens is 176 g/mol. The first-order valence-electron chi connectivity index (χ1n) is 5.13. The highest BCUT2D eigenvalue weighted by Crippen LogP contribution is 2.40. The molecule has 0 bridgehead atoms. The predicted molar refractivity (Wildman–Crippen MR) is 58.3 cm³/mol. The molecule has 1 N–H and O–H groups in total. The molecule has 2 heteroatoms. The van der Waals surface area contributed by atoms with Gasteiger partial charge in [0.15, 0.2) is 0 Å². The first-order valence-corrected chi connectivity index (χ1v) is 5.13. The average Bonchev–Trinajstić information content (AvgIpc) is 2.07. The third-order valence-corrected chi connectivity index (χ3v) is 2.81. The van der Waals surface area contributed by atoms with Crippen molar-refractivity contribution in [2.24, 2.45) is 5.41 Å². The molecule has 0 saturated heterocycles. The van der Waals surface area contributed by atoms with Crippen LogP contribution in [-0.4, -0.2) is 17.3 Å². The SMILES string of the molecule is CCOC1(C(C)(C)C)C=CC(O)=CC1. The lowest BCUT2D eigenvalue weighted by molar-refractivity contribution is -0.0753. The number of rotatable bonds is 2. The molecule has 0 aromatic heterocycles. The lowest BCUT2D eigenvalue weighted by Crippen LogP contribution is -2.44. The molecule has 1 aliphatic carbocycles.